The average Bonchev–Trinajstić information content (AvgIpc) is 3.30. The predicted molar refractivity (Wildman–Crippen MR) is 105 cm³/mol. The summed E-state index contributed by atoms with van der Waals surface area (Å²) in [6, 6.07) is 10.6. The van der Waals surface area contributed by atoms with Gasteiger partial charge in [-0.2, -0.15) is 0 Å². The van der Waals surface area contributed by atoms with Gasteiger partial charge in [0, 0.05) is 38.2 Å². The Bertz CT molecular complexity index is 867. The normalized spacial score (nSPS) is 32.3. The van der Waals surface area contributed by atoms with E-state index in [2.05, 4.69) is 48.0 Å². The number of fused-ring (bicyclic) bond motifs is 2. The molecule has 0 amide bonds. The van der Waals surface area contributed by atoms with Crippen LogP contribution < -0.4 is 4.74 Å². The molecular formula is C23H28N2O2. The summed E-state index contributed by atoms with van der Waals surface area (Å²) < 4.78 is 5.83. The lowest BCUT2D eigenvalue weighted by atomic mass is 9.83. The first-order valence-corrected chi connectivity index (χ1v) is 10.2. The van der Waals surface area contributed by atoms with Crippen molar-refractivity contribution in [3.63, 3.8) is 0 Å². The van der Waals surface area contributed by atoms with E-state index in [0.29, 0.717) is 5.92 Å². The van der Waals surface area contributed by atoms with Gasteiger partial charge in [0.2, 0.25) is 0 Å². The van der Waals surface area contributed by atoms with Crippen molar-refractivity contribution in [1.29, 1.82) is 0 Å². The zero-order chi connectivity index (χ0) is 18.6. The van der Waals surface area contributed by atoms with Gasteiger partial charge in [-0.1, -0.05) is 18.2 Å². The Morgan fingerprint density at radius 1 is 1.30 bits per heavy atom. The molecule has 2 aliphatic heterocycles. The lowest BCUT2D eigenvalue weighted by molar-refractivity contribution is -0.0114. The highest BCUT2D eigenvalue weighted by Gasteiger charge is 2.53. The van der Waals surface area contributed by atoms with Crippen molar-refractivity contribution in [1.82, 2.24) is 9.88 Å². The van der Waals surface area contributed by atoms with E-state index in [1.165, 1.54) is 11.1 Å². The predicted octanol–water partition coefficient (Wildman–Crippen LogP) is 3.44. The molecule has 4 heteroatoms. The van der Waals surface area contributed by atoms with Crippen molar-refractivity contribution in [3.05, 3.63) is 58.9 Å². The van der Waals surface area contributed by atoms with Gasteiger partial charge in [0.25, 0.3) is 0 Å². The van der Waals surface area contributed by atoms with Gasteiger partial charge in [0.15, 0.2) is 0 Å². The first kappa shape index (κ1) is 17.2. The molecule has 2 fully saturated rings. The number of pyridine rings is 1. The second kappa shape index (κ2) is 6.32. The molecule has 1 aromatic carbocycles. The van der Waals surface area contributed by atoms with Gasteiger partial charge in [-0.05, 0) is 61.4 Å². The number of rotatable bonds is 3. The third kappa shape index (κ3) is 2.86. The molecule has 5 rings (SSSR count). The highest BCUT2D eigenvalue weighted by atomic mass is 16.5. The van der Waals surface area contributed by atoms with Crippen LogP contribution in [0, 0.1) is 18.8 Å². The number of hydrogen-bond donors (Lipinski definition) is 1. The monoisotopic (exact) mass is 364 g/mol. The Morgan fingerprint density at radius 3 is 3.04 bits per heavy atom. The molecule has 0 unspecified atom stereocenters. The molecule has 2 aromatic rings. The van der Waals surface area contributed by atoms with E-state index in [4.69, 9.17) is 4.74 Å². The van der Waals surface area contributed by atoms with Crippen LogP contribution in [0.5, 0.6) is 5.75 Å². The van der Waals surface area contributed by atoms with Gasteiger partial charge >= 0.3 is 0 Å². The second-order valence-electron chi connectivity index (χ2n) is 8.77. The van der Waals surface area contributed by atoms with Crippen LogP contribution in [-0.2, 0) is 18.6 Å². The smallest absolute Gasteiger partial charge is 0.123 e. The minimum Gasteiger partial charge on any atom is -0.490 e. The number of nitrogens with zero attached hydrogens (tertiary/aromatic N) is 2. The highest BCUT2D eigenvalue weighted by molar-refractivity contribution is 5.40. The van der Waals surface area contributed by atoms with Crippen molar-refractivity contribution in [2.24, 2.45) is 11.8 Å². The Balaban J connectivity index is 1.33. The maximum Gasteiger partial charge on any atom is 0.123 e. The van der Waals surface area contributed by atoms with Crippen LogP contribution in [0.2, 0.25) is 0 Å². The summed E-state index contributed by atoms with van der Waals surface area (Å²) in [5.41, 5.74) is 3.91. The lowest BCUT2D eigenvalue weighted by Crippen LogP contribution is -2.36. The first-order valence-electron chi connectivity index (χ1n) is 10.2. The van der Waals surface area contributed by atoms with Crippen LogP contribution in [0.4, 0.5) is 0 Å². The number of aliphatic hydroxyl groups is 1. The maximum atomic E-state index is 11.5. The molecule has 4 atom stereocenters. The summed E-state index contributed by atoms with van der Waals surface area (Å²) in [5, 5.41) is 11.5. The SMILES string of the molecule is Cc1cccnc1[C@@]1(O)CC[C@@H]2CN(Cc3ccc4c(c3)C[C@@H](C)O4)C[C@@H]21. The van der Waals surface area contributed by atoms with E-state index in [-0.39, 0.29) is 12.0 Å². The molecule has 142 valence electrons. The zero-order valence-electron chi connectivity index (χ0n) is 16.2. The van der Waals surface area contributed by atoms with Crippen molar-refractivity contribution in [3.8, 4) is 5.75 Å². The standard InChI is InChI=1S/C23H28N2O2/c1-15-4-3-9-24-22(15)23(26)8-7-18-13-25(14-20(18)23)12-17-5-6-21-19(11-17)10-16(2)27-21/h3-6,9,11,16,18,20,26H,7-8,10,12-14H2,1-2H3/t16-,18-,20+,23-/m1/s1. The van der Waals surface area contributed by atoms with Gasteiger partial charge in [-0.15, -0.1) is 0 Å². The third-order valence-corrected chi connectivity index (χ3v) is 6.81. The second-order valence-corrected chi connectivity index (χ2v) is 8.77. The van der Waals surface area contributed by atoms with Crippen LogP contribution in [0.3, 0.4) is 0 Å². The molecule has 27 heavy (non-hydrogen) atoms. The maximum absolute atomic E-state index is 11.5. The number of aromatic nitrogens is 1. The Labute approximate surface area is 161 Å². The van der Waals surface area contributed by atoms with Crippen LogP contribution >= 0.6 is 0 Å². The zero-order valence-corrected chi connectivity index (χ0v) is 16.2. The van der Waals surface area contributed by atoms with E-state index in [0.717, 1.165) is 55.9 Å². The Morgan fingerprint density at radius 2 is 2.19 bits per heavy atom. The number of ether oxygens (including phenoxy) is 1. The molecule has 1 saturated heterocycles. The van der Waals surface area contributed by atoms with E-state index >= 15 is 0 Å². The number of aryl methyl sites for hydroxylation is 1. The molecule has 0 spiro atoms. The quantitative estimate of drug-likeness (QED) is 0.906. The molecule has 1 saturated carbocycles. The van der Waals surface area contributed by atoms with Crippen LogP contribution in [-0.4, -0.2) is 34.2 Å². The van der Waals surface area contributed by atoms with Crippen molar-refractivity contribution in [2.45, 2.75) is 51.4 Å². The first-order chi connectivity index (χ1) is 13.0. The molecule has 3 heterocycles. The third-order valence-electron chi connectivity index (χ3n) is 6.81. The summed E-state index contributed by atoms with van der Waals surface area (Å²) in [7, 11) is 0. The van der Waals surface area contributed by atoms with Gasteiger partial charge in [0.1, 0.15) is 17.5 Å². The molecule has 3 aliphatic rings. The molecule has 0 bridgehead atoms. The average molecular weight is 364 g/mol. The van der Waals surface area contributed by atoms with Crippen LogP contribution in [0.15, 0.2) is 36.5 Å². The van der Waals surface area contributed by atoms with E-state index < -0.39 is 5.60 Å². The summed E-state index contributed by atoms with van der Waals surface area (Å²) in [4.78, 5) is 7.08. The minimum absolute atomic E-state index is 0.281. The van der Waals surface area contributed by atoms with E-state index in [1.807, 2.05) is 12.3 Å². The number of hydrogen-bond acceptors (Lipinski definition) is 4. The minimum atomic E-state index is -0.772. The number of likely N-dealkylation sites (tertiary alicyclic amines) is 1. The molecule has 4 nitrogen and oxygen atoms in total. The van der Waals surface area contributed by atoms with Crippen LogP contribution in [0.25, 0.3) is 0 Å². The van der Waals surface area contributed by atoms with Gasteiger partial charge in [0.05, 0.1) is 5.69 Å². The largest absolute Gasteiger partial charge is 0.490 e. The fourth-order valence-electron chi connectivity index (χ4n) is 5.58. The van der Waals surface area contributed by atoms with Crippen molar-refractivity contribution < 1.29 is 9.84 Å². The van der Waals surface area contributed by atoms with Crippen LogP contribution in [0.1, 0.15) is 42.1 Å². The lowest BCUT2D eigenvalue weighted by Gasteiger charge is -2.31. The van der Waals surface area contributed by atoms with Gasteiger partial charge < -0.3 is 9.84 Å². The van der Waals surface area contributed by atoms with Crippen molar-refractivity contribution in [2.75, 3.05) is 13.1 Å². The summed E-state index contributed by atoms with van der Waals surface area (Å²) >= 11 is 0. The van der Waals surface area contributed by atoms with E-state index in [9.17, 15) is 5.11 Å². The molecular weight excluding hydrogens is 336 g/mol. The summed E-state index contributed by atoms with van der Waals surface area (Å²) in [5.74, 6) is 1.89. The van der Waals surface area contributed by atoms with Crippen molar-refractivity contribution >= 4 is 0 Å². The fraction of sp³-hybridized carbons (Fsp3) is 0.522. The fourth-order valence-corrected chi connectivity index (χ4v) is 5.58. The number of benzene rings is 1. The Kier molecular flexibility index (Phi) is 4.03. The highest BCUT2D eigenvalue weighted by Crippen LogP contribution is 2.50. The van der Waals surface area contributed by atoms with E-state index in [1.54, 1.807) is 0 Å². The molecule has 1 aromatic heterocycles. The summed E-state index contributed by atoms with van der Waals surface area (Å²) in [6.45, 7) is 7.16. The molecule has 0 radical (unpaired) electrons. The molecule has 1 N–H and O–H groups in total. The van der Waals surface area contributed by atoms with Gasteiger partial charge in [-0.25, -0.2) is 0 Å². The topological polar surface area (TPSA) is 45.6 Å². The summed E-state index contributed by atoms with van der Waals surface area (Å²) in [6.07, 6.45) is 5.03. The molecule has 1 aliphatic carbocycles. The van der Waals surface area contributed by atoms with Gasteiger partial charge in [-0.3, -0.25) is 9.88 Å². The Hall–Kier alpha value is -1.91.